The molecule has 25 heavy (non-hydrogen) atoms. The highest BCUT2D eigenvalue weighted by molar-refractivity contribution is 6.31. The molecular formula is C20H21ClN2O2. The normalized spacial score (nSPS) is 13.4. The van der Waals surface area contributed by atoms with E-state index < -0.39 is 0 Å². The van der Waals surface area contributed by atoms with Crippen LogP contribution in [0.2, 0.25) is 5.02 Å². The molecule has 0 aromatic heterocycles. The Bertz CT molecular complexity index is 844. The van der Waals surface area contributed by atoms with Crippen LogP contribution in [0.4, 0.5) is 0 Å². The summed E-state index contributed by atoms with van der Waals surface area (Å²) >= 11 is 6.17. The Kier molecular flexibility index (Phi) is 5.39. The molecule has 130 valence electrons. The number of rotatable bonds is 5. The van der Waals surface area contributed by atoms with Gasteiger partial charge in [-0.2, -0.15) is 5.10 Å². The molecule has 2 aromatic rings. The molecule has 1 aliphatic rings. The second-order valence-electron chi connectivity index (χ2n) is 5.79. The summed E-state index contributed by atoms with van der Waals surface area (Å²) in [6.07, 6.45) is 0.718. The Hall–Kier alpha value is -2.33. The first-order valence-corrected chi connectivity index (χ1v) is 8.80. The van der Waals surface area contributed by atoms with Crippen molar-refractivity contribution >= 4 is 23.0 Å². The van der Waals surface area contributed by atoms with Gasteiger partial charge in [-0.1, -0.05) is 23.7 Å². The SMILES string of the molecule is CCOc1cc2c(cc1OCC)C(c1cccc(Cl)c1)=NN=C(C)C2. The lowest BCUT2D eigenvalue weighted by Crippen LogP contribution is -2.09. The van der Waals surface area contributed by atoms with Gasteiger partial charge in [0.15, 0.2) is 11.5 Å². The number of halogens is 1. The van der Waals surface area contributed by atoms with Crippen molar-refractivity contribution in [1.82, 2.24) is 0 Å². The smallest absolute Gasteiger partial charge is 0.161 e. The summed E-state index contributed by atoms with van der Waals surface area (Å²) in [7, 11) is 0. The molecule has 0 fully saturated rings. The molecule has 0 saturated carbocycles. The molecule has 1 heterocycles. The van der Waals surface area contributed by atoms with E-state index in [-0.39, 0.29) is 0 Å². The summed E-state index contributed by atoms with van der Waals surface area (Å²) in [6, 6.07) is 11.7. The van der Waals surface area contributed by atoms with Crippen LogP contribution in [0.3, 0.4) is 0 Å². The van der Waals surface area contributed by atoms with Crippen molar-refractivity contribution in [3.05, 3.63) is 58.1 Å². The number of benzene rings is 2. The zero-order chi connectivity index (χ0) is 17.8. The highest BCUT2D eigenvalue weighted by Crippen LogP contribution is 2.34. The lowest BCUT2D eigenvalue weighted by atomic mass is 9.94. The van der Waals surface area contributed by atoms with Crippen molar-refractivity contribution in [2.24, 2.45) is 10.2 Å². The minimum absolute atomic E-state index is 0.567. The van der Waals surface area contributed by atoms with Gasteiger partial charge in [-0.15, -0.1) is 5.10 Å². The molecule has 1 aliphatic heterocycles. The quantitative estimate of drug-likeness (QED) is 0.764. The monoisotopic (exact) mass is 356 g/mol. The van der Waals surface area contributed by atoms with Crippen LogP contribution in [0.15, 0.2) is 46.6 Å². The van der Waals surface area contributed by atoms with E-state index in [9.17, 15) is 0 Å². The van der Waals surface area contributed by atoms with Crippen molar-refractivity contribution in [1.29, 1.82) is 0 Å². The third-order valence-electron chi connectivity index (χ3n) is 3.89. The largest absolute Gasteiger partial charge is 0.490 e. The Morgan fingerprint density at radius 2 is 1.72 bits per heavy atom. The molecular weight excluding hydrogens is 336 g/mol. The van der Waals surface area contributed by atoms with Crippen LogP contribution in [0.25, 0.3) is 0 Å². The average Bonchev–Trinajstić information content (AvgIpc) is 2.74. The summed E-state index contributed by atoms with van der Waals surface area (Å²) in [5, 5.41) is 9.51. The Morgan fingerprint density at radius 1 is 1.00 bits per heavy atom. The number of fused-ring (bicyclic) bond motifs is 1. The number of hydrogen-bond acceptors (Lipinski definition) is 4. The van der Waals surface area contributed by atoms with Crippen LogP contribution in [0, 0.1) is 0 Å². The number of ether oxygens (including phenoxy) is 2. The minimum atomic E-state index is 0.567. The molecule has 0 atom stereocenters. The van der Waals surface area contributed by atoms with Gasteiger partial charge in [0.05, 0.1) is 13.2 Å². The molecule has 0 saturated heterocycles. The van der Waals surface area contributed by atoms with Crippen LogP contribution >= 0.6 is 11.6 Å². The molecule has 0 amide bonds. The molecule has 0 bridgehead atoms. The lowest BCUT2D eigenvalue weighted by Gasteiger charge is -2.16. The summed E-state index contributed by atoms with van der Waals surface area (Å²) in [6.45, 7) is 7.05. The fraction of sp³-hybridized carbons (Fsp3) is 0.300. The summed E-state index contributed by atoms with van der Waals surface area (Å²) < 4.78 is 11.6. The van der Waals surface area contributed by atoms with Gasteiger partial charge in [0, 0.05) is 28.3 Å². The molecule has 0 unspecified atom stereocenters. The Balaban J connectivity index is 2.18. The fourth-order valence-electron chi connectivity index (χ4n) is 2.85. The second kappa shape index (κ2) is 7.70. The summed E-state index contributed by atoms with van der Waals surface area (Å²) in [5.74, 6) is 1.47. The van der Waals surface area contributed by atoms with Crippen LogP contribution in [-0.2, 0) is 6.42 Å². The maximum absolute atomic E-state index is 6.17. The van der Waals surface area contributed by atoms with Gasteiger partial charge in [0.2, 0.25) is 0 Å². The first-order chi connectivity index (χ1) is 12.1. The van der Waals surface area contributed by atoms with Crippen molar-refractivity contribution < 1.29 is 9.47 Å². The molecule has 4 nitrogen and oxygen atoms in total. The predicted octanol–water partition coefficient (Wildman–Crippen LogP) is 4.91. The van der Waals surface area contributed by atoms with Crippen molar-refractivity contribution in [3.63, 3.8) is 0 Å². The first-order valence-electron chi connectivity index (χ1n) is 8.42. The molecule has 0 N–H and O–H groups in total. The van der Waals surface area contributed by atoms with Gasteiger partial charge in [-0.3, -0.25) is 0 Å². The van der Waals surface area contributed by atoms with Crippen molar-refractivity contribution in [2.45, 2.75) is 27.2 Å². The summed E-state index contributed by atoms with van der Waals surface area (Å²) in [4.78, 5) is 0. The van der Waals surface area contributed by atoms with E-state index >= 15 is 0 Å². The van der Waals surface area contributed by atoms with Crippen LogP contribution in [0.1, 0.15) is 37.5 Å². The third-order valence-corrected chi connectivity index (χ3v) is 4.12. The molecule has 0 radical (unpaired) electrons. The van der Waals surface area contributed by atoms with E-state index in [1.807, 2.05) is 57.2 Å². The minimum Gasteiger partial charge on any atom is -0.490 e. The van der Waals surface area contributed by atoms with E-state index in [1.165, 1.54) is 0 Å². The van der Waals surface area contributed by atoms with E-state index in [0.717, 1.165) is 46.0 Å². The van der Waals surface area contributed by atoms with Gasteiger partial charge in [-0.05, 0) is 50.6 Å². The maximum atomic E-state index is 6.17. The van der Waals surface area contributed by atoms with Crippen molar-refractivity contribution in [2.75, 3.05) is 13.2 Å². The summed E-state index contributed by atoms with van der Waals surface area (Å²) in [5.41, 5.74) is 4.78. The Labute approximate surface area is 153 Å². The molecule has 2 aromatic carbocycles. The average molecular weight is 357 g/mol. The standard InChI is InChI=1S/C20H21ClN2O2/c1-4-24-18-11-15-9-13(3)22-23-20(14-7-6-8-16(21)10-14)17(15)12-19(18)25-5-2/h6-8,10-12H,4-5,9H2,1-3H3. The van der Waals surface area contributed by atoms with Gasteiger partial charge < -0.3 is 9.47 Å². The number of hydrogen-bond donors (Lipinski definition) is 0. The lowest BCUT2D eigenvalue weighted by molar-refractivity contribution is 0.287. The van der Waals surface area contributed by atoms with Crippen molar-refractivity contribution in [3.8, 4) is 11.5 Å². The molecule has 0 aliphatic carbocycles. The highest BCUT2D eigenvalue weighted by atomic mass is 35.5. The second-order valence-corrected chi connectivity index (χ2v) is 6.23. The zero-order valence-electron chi connectivity index (χ0n) is 14.7. The van der Waals surface area contributed by atoms with Gasteiger partial charge in [0.1, 0.15) is 5.71 Å². The van der Waals surface area contributed by atoms with Gasteiger partial charge in [-0.25, -0.2) is 0 Å². The molecule has 5 heteroatoms. The van der Waals surface area contributed by atoms with Gasteiger partial charge >= 0.3 is 0 Å². The zero-order valence-corrected chi connectivity index (χ0v) is 15.4. The van der Waals surface area contributed by atoms with E-state index in [0.29, 0.717) is 18.2 Å². The first kappa shape index (κ1) is 17.5. The fourth-order valence-corrected chi connectivity index (χ4v) is 3.04. The van der Waals surface area contributed by atoms with E-state index in [1.54, 1.807) is 0 Å². The van der Waals surface area contributed by atoms with Crippen LogP contribution in [-0.4, -0.2) is 24.6 Å². The van der Waals surface area contributed by atoms with Crippen LogP contribution in [0.5, 0.6) is 11.5 Å². The molecule has 0 spiro atoms. The topological polar surface area (TPSA) is 43.2 Å². The highest BCUT2D eigenvalue weighted by Gasteiger charge is 2.20. The van der Waals surface area contributed by atoms with Gasteiger partial charge in [0.25, 0.3) is 0 Å². The number of nitrogens with zero attached hydrogens (tertiary/aromatic N) is 2. The third kappa shape index (κ3) is 3.85. The maximum Gasteiger partial charge on any atom is 0.161 e. The van der Waals surface area contributed by atoms with E-state index in [2.05, 4.69) is 10.2 Å². The predicted molar refractivity (Wildman–Crippen MR) is 103 cm³/mol. The van der Waals surface area contributed by atoms with Crippen LogP contribution < -0.4 is 9.47 Å². The Morgan fingerprint density at radius 3 is 2.40 bits per heavy atom. The molecule has 3 rings (SSSR count). The van der Waals surface area contributed by atoms with E-state index in [4.69, 9.17) is 21.1 Å².